The molecule has 6 heteroatoms. The number of methoxy groups -OCH3 is 3. The van der Waals surface area contributed by atoms with E-state index in [0.29, 0.717) is 30.3 Å². The van der Waals surface area contributed by atoms with E-state index in [9.17, 15) is 0 Å². The zero-order valence-corrected chi connectivity index (χ0v) is 13.8. The van der Waals surface area contributed by atoms with Crippen LogP contribution in [0.2, 0.25) is 0 Å². The van der Waals surface area contributed by atoms with E-state index >= 15 is 0 Å². The largest absolute Gasteiger partial charge is 0.493 e. The maximum atomic E-state index is 5.45. The highest BCUT2D eigenvalue weighted by Crippen LogP contribution is 2.39. The van der Waals surface area contributed by atoms with Crippen LogP contribution in [0.15, 0.2) is 36.5 Å². The number of ether oxygens (including phenoxy) is 3. The van der Waals surface area contributed by atoms with Crippen molar-refractivity contribution in [3.05, 3.63) is 47.8 Å². The second-order valence-electron chi connectivity index (χ2n) is 4.42. The number of hydrogen-bond donors (Lipinski definition) is 1. The van der Waals surface area contributed by atoms with Gasteiger partial charge in [-0.15, -0.1) is 12.4 Å². The summed E-state index contributed by atoms with van der Waals surface area (Å²) in [5, 5.41) is 3.34. The van der Waals surface area contributed by atoms with Crippen molar-refractivity contribution in [3.8, 4) is 17.2 Å². The average molecular weight is 325 g/mol. The van der Waals surface area contributed by atoms with Gasteiger partial charge in [0.1, 0.15) is 0 Å². The molecule has 0 aliphatic carbocycles. The molecule has 1 N–H and O–H groups in total. The molecule has 0 radical (unpaired) electrons. The first kappa shape index (κ1) is 18.1. The number of halogens is 1. The highest BCUT2D eigenvalue weighted by molar-refractivity contribution is 5.85. The molecule has 5 nitrogen and oxygen atoms in total. The van der Waals surface area contributed by atoms with Crippen molar-refractivity contribution in [1.29, 1.82) is 0 Å². The van der Waals surface area contributed by atoms with Gasteiger partial charge in [0.25, 0.3) is 0 Å². The standard InChI is InChI=1S/C16H20N2O3.ClH/c1-19-14-8-7-12(15(20-2)16(14)21-3)10-17-11-13-6-4-5-9-18-13;/h4-9,17H,10-11H2,1-3H3;1H. The van der Waals surface area contributed by atoms with Crippen LogP contribution in [0.3, 0.4) is 0 Å². The van der Waals surface area contributed by atoms with Gasteiger partial charge in [0, 0.05) is 24.8 Å². The number of benzene rings is 1. The van der Waals surface area contributed by atoms with Crippen LogP contribution in [0, 0.1) is 0 Å². The summed E-state index contributed by atoms with van der Waals surface area (Å²) in [6.07, 6.45) is 1.79. The lowest BCUT2D eigenvalue weighted by Gasteiger charge is -2.16. The van der Waals surface area contributed by atoms with Gasteiger partial charge in [-0.3, -0.25) is 4.98 Å². The minimum absolute atomic E-state index is 0. The predicted molar refractivity (Wildman–Crippen MR) is 88.1 cm³/mol. The van der Waals surface area contributed by atoms with Gasteiger partial charge >= 0.3 is 0 Å². The molecule has 120 valence electrons. The molecule has 1 aromatic carbocycles. The monoisotopic (exact) mass is 324 g/mol. The first-order valence-corrected chi connectivity index (χ1v) is 6.68. The fourth-order valence-electron chi connectivity index (χ4n) is 2.13. The van der Waals surface area contributed by atoms with Crippen LogP contribution in [0.4, 0.5) is 0 Å². The van der Waals surface area contributed by atoms with Crippen molar-refractivity contribution in [1.82, 2.24) is 10.3 Å². The number of rotatable bonds is 7. The lowest BCUT2D eigenvalue weighted by atomic mass is 10.1. The third-order valence-electron chi connectivity index (χ3n) is 3.13. The molecule has 0 atom stereocenters. The summed E-state index contributed by atoms with van der Waals surface area (Å²) in [5.41, 5.74) is 2.00. The van der Waals surface area contributed by atoms with E-state index in [1.54, 1.807) is 27.5 Å². The second kappa shape index (κ2) is 9.12. The van der Waals surface area contributed by atoms with Crippen LogP contribution in [-0.2, 0) is 13.1 Å². The summed E-state index contributed by atoms with van der Waals surface area (Å²) >= 11 is 0. The van der Waals surface area contributed by atoms with Crippen LogP contribution in [0.5, 0.6) is 17.2 Å². The molecule has 2 rings (SSSR count). The van der Waals surface area contributed by atoms with Crippen molar-refractivity contribution in [2.75, 3.05) is 21.3 Å². The molecule has 0 unspecified atom stereocenters. The van der Waals surface area contributed by atoms with Crippen LogP contribution in [0.1, 0.15) is 11.3 Å². The maximum absolute atomic E-state index is 5.45. The summed E-state index contributed by atoms with van der Waals surface area (Å²) in [7, 11) is 4.83. The third kappa shape index (κ3) is 4.26. The first-order valence-electron chi connectivity index (χ1n) is 6.68. The lowest BCUT2D eigenvalue weighted by Crippen LogP contribution is -2.14. The molecular weight excluding hydrogens is 304 g/mol. The SMILES string of the molecule is COc1ccc(CNCc2ccccn2)c(OC)c1OC.Cl. The van der Waals surface area contributed by atoms with Gasteiger partial charge in [-0.2, -0.15) is 0 Å². The van der Waals surface area contributed by atoms with Crippen LogP contribution < -0.4 is 19.5 Å². The highest BCUT2D eigenvalue weighted by atomic mass is 35.5. The number of aromatic nitrogens is 1. The number of nitrogens with one attached hydrogen (secondary N) is 1. The topological polar surface area (TPSA) is 52.6 Å². The molecule has 0 fully saturated rings. The van der Waals surface area contributed by atoms with Crippen molar-refractivity contribution >= 4 is 12.4 Å². The third-order valence-corrected chi connectivity index (χ3v) is 3.13. The van der Waals surface area contributed by atoms with Gasteiger partial charge in [-0.1, -0.05) is 12.1 Å². The molecule has 22 heavy (non-hydrogen) atoms. The van der Waals surface area contributed by atoms with Crippen molar-refractivity contribution in [3.63, 3.8) is 0 Å². The van der Waals surface area contributed by atoms with Crippen molar-refractivity contribution in [2.45, 2.75) is 13.1 Å². The lowest BCUT2D eigenvalue weighted by molar-refractivity contribution is 0.321. The molecule has 0 bridgehead atoms. The molecule has 0 saturated heterocycles. The van der Waals surface area contributed by atoms with E-state index in [1.807, 2.05) is 30.3 Å². The molecule has 1 aromatic heterocycles. The van der Waals surface area contributed by atoms with E-state index in [4.69, 9.17) is 14.2 Å². The van der Waals surface area contributed by atoms with Gasteiger partial charge in [0.05, 0.1) is 27.0 Å². The van der Waals surface area contributed by atoms with Gasteiger partial charge in [0.15, 0.2) is 11.5 Å². The highest BCUT2D eigenvalue weighted by Gasteiger charge is 2.15. The molecule has 0 amide bonds. The average Bonchev–Trinajstić information content (AvgIpc) is 2.55. The molecule has 0 aliphatic rings. The smallest absolute Gasteiger partial charge is 0.203 e. The van der Waals surface area contributed by atoms with Crippen molar-refractivity contribution in [2.24, 2.45) is 0 Å². The van der Waals surface area contributed by atoms with E-state index in [-0.39, 0.29) is 12.4 Å². The van der Waals surface area contributed by atoms with Gasteiger partial charge in [-0.05, 0) is 18.2 Å². The first-order chi connectivity index (χ1) is 10.3. The Morgan fingerprint density at radius 2 is 1.68 bits per heavy atom. The minimum atomic E-state index is 0. The Bertz CT molecular complexity index is 579. The summed E-state index contributed by atoms with van der Waals surface area (Å²) < 4.78 is 16.1. The summed E-state index contributed by atoms with van der Waals surface area (Å²) in [6, 6.07) is 9.70. The molecule has 0 spiro atoms. The van der Waals surface area contributed by atoms with Gasteiger partial charge in [-0.25, -0.2) is 0 Å². The molecule has 0 aliphatic heterocycles. The quantitative estimate of drug-likeness (QED) is 0.848. The Kier molecular flexibility index (Phi) is 7.49. The second-order valence-corrected chi connectivity index (χ2v) is 4.42. The molecule has 1 heterocycles. The van der Waals surface area contributed by atoms with E-state index < -0.39 is 0 Å². The fourth-order valence-corrected chi connectivity index (χ4v) is 2.13. The van der Waals surface area contributed by atoms with E-state index in [0.717, 1.165) is 11.3 Å². The number of pyridine rings is 1. The Morgan fingerprint density at radius 3 is 2.27 bits per heavy atom. The van der Waals surface area contributed by atoms with Crippen LogP contribution in [-0.4, -0.2) is 26.3 Å². The summed E-state index contributed by atoms with van der Waals surface area (Å²) in [4.78, 5) is 4.28. The zero-order chi connectivity index (χ0) is 15.1. The van der Waals surface area contributed by atoms with Gasteiger partial charge < -0.3 is 19.5 Å². The predicted octanol–water partition coefficient (Wildman–Crippen LogP) is 2.82. The van der Waals surface area contributed by atoms with Crippen molar-refractivity contribution < 1.29 is 14.2 Å². The summed E-state index contributed by atoms with van der Waals surface area (Å²) in [6.45, 7) is 1.35. The Labute approximate surface area is 137 Å². The number of nitrogens with zero attached hydrogens (tertiary/aromatic N) is 1. The minimum Gasteiger partial charge on any atom is -0.493 e. The maximum Gasteiger partial charge on any atom is 0.203 e. The molecular formula is C16H21ClN2O3. The number of hydrogen-bond acceptors (Lipinski definition) is 5. The Hall–Kier alpha value is -1.98. The molecule has 0 saturated carbocycles. The van der Waals surface area contributed by atoms with Gasteiger partial charge in [0.2, 0.25) is 5.75 Å². The van der Waals surface area contributed by atoms with E-state index in [1.165, 1.54) is 0 Å². The normalized spacial score (nSPS) is 9.77. The molecule has 2 aromatic rings. The zero-order valence-electron chi connectivity index (χ0n) is 13.0. The van der Waals surface area contributed by atoms with Crippen LogP contribution >= 0.6 is 12.4 Å². The fraction of sp³-hybridized carbons (Fsp3) is 0.312. The van der Waals surface area contributed by atoms with Crippen LogP contribution in [0.25, 0.3) is 0 Å². The Balaban J connectivity index is 0.00000242. The van der Waals surface area contributed by atoms with E-state index in [2.05, 4.69) is 10.3 Å². The summed E-state index contributed by atoms with van der Waals surface area (Å²) in [5.74, 6) is 1.95. The Morgan fingerprint density at radius 1 is 0.909 bits per heavy atom.